The van der Waals surface area contributed by atoms with Crippen molar-refractivity contribution in [2.45, 2.75) is 58.7 Å². The van der Waals surface area contributed by atoms with Crippen molar-refractivity contribution in [1.82, 2.24) is 10.2 Å². The maximum absolute atomic E-state index is 13.5. The van der Waals surface area contributed by atoms with Gasteiger partial charge in [-0.25, -0.2) is 0 Å². The molecule has 0 radical (unpaired) electrons. The van der Waals surface area contributed by atoms with Gasteiger partial charge >= 0.3 is 0 Å². The summed E-state index contributed by atoms with van der Waals surface area (Å²) in [5.41, 5.74) is 0.613. The van der Waals surface area contributed by atoms with Crippen LogP contribution < -0.4 is 5.32 Å². The van der Waals surface area contributed by atoms with Gasteiger partial charge in [0.15, 0.2) is 5.54 Å². The number of aliphatic imine (C=N–C) groups is 1. The van der Waals surface area contributed by atoms with Gasteiger partial charge in [-0.05, 0) is 58.9 Å². The van der Waals surface area contributed by atoms with Gasteiger partial charge in [-0.2, -0.15) is 11.3 Å². The van der Waals surface area contributed by atoms with E-state index in [1.165, 1.54) is 12.0 Å². The molecule has 1 saturated heterocycles. The smallest absolute Gasteiger partial charge is 0.250 e. The zero-order valence-electron chi connectivity index (χ0n) is 17.0. The van der Waals surface area contributed by atoms with Crippen LogP contribution in [0.1, 0.15) is 46.1 Å². The van der Waals surface area contributed by atoms with Gasteiger partial charge in [0.2, 0.25) is 5.91 Å². The first-order valence-electron chi connectivity index (χ1n) is 10.5. The Kier molecular flexibility index (Phi) is 5.19. The van der Waals surface area contributed by atoms with Crippen LogP contribution >= 0.6 is 11.3 Å². The zero-order valence-corrected chi connectivity index (χ0v) is 17.8. The Balaban J connectivity index is 1.63. The first kappa shape index (κ1) is 19.1. The van der Waals surface area contributed by atoms with Crippen LogP contribution in [0, 0.1) is 29.6 Å². The van der Waals surface area contributed by atoms with E-state index in [1.807, 2.05) is 0 Å². The van der Waals surface area contributed by atoms with Gasteiger partial charge in [-0.1, -0.05) is 27.7 Å². The Morgan fingerprint density at radius 2 is 2.19 bits per heavy atom. The second kappa shape index (κ2) is 7.32. The highest BCUT2D eigenvalue weighted by atomic mass is 32.1. The molecule has 1 aromatic heterocycles. The molecule has 1 aliphatic carbocycles. The van der Waals surface area contributed by atoms with Crippen molar-refractivity contribution in [2.24, 2.45) is 34.6 Å². The third-order valence-corrected chi connectivity index (χ3v) is 7.39. The van der Waals surface area contributed by atoms with Gasteiger partial charge in [-0.15, -0.1) is 0 Å². The molecule has 5 atom stereocenters. The zero-order chi connectivity index (χ0) is 19.2. The third kappa shape index (κ3) is 3.27. The largest absolute Gasteiger partial charge is 0.350 e. The Labute approximate surface area is 167 Å². The summed E-state index contributed by atoms with van der Waals surface area (Å²) < 4.78 is 0. The standard InChI is InChI=1S/C22H33N3OS/c1-14(2)7-19-17-8-18-12-25(11-15(3)4)20(19)22(18,24-10-17)21(26)23-9-16-5-6-27-13-16/h5-6,10,13-15,17-20H,7-9,11-12H2,1-4H3,(H,23,26)/t17-,18-,19+,20-,22-/m0/s1. The molecule has 4 bridgehead atoms. The molecule has 0 spiro atoms. The summed E-state index contributed by atoms with van der Waals surface area (Å²) in [7, 11) is 0. The third-order valence-electron chi connectivity index (χ3n) is 6.65. The van der Waals surface area contributed by atoms with Crippen molar-refractivity contribution in [1.29, 1.82) is 0 Å². The van der Waals surface area contributed by atoms with Gasteiger partial charge < -0.3 is 5.32 Å². The lowest BCUT2D eigenvalue weighted by molar-refractivity contribution is -0.132. The van der Waals surface area contributed by atoms with Gasteiger partial charge in [0, 0.05) is 37.8 Å². The quantitative estimate of drug-likeness (QED) is 0.773. The molecule has 1 aromatic rings. The first-order chi connectivity index (χ1) is 12.9. The van der Waals surface area contributed by atoms with Crippen molar-refractivity contribution < 1.29 is 4.79 Å². The molecule has 4 aliphatic rings. The van der Waals surface area contributed by atoms with Crippen LogP contribution in [0.25, 0.3) is 0 Å². The second-order valence-electron chi connectivity index (χ2n) is 9.60. The van der Waals surface area contributed by atoms with Crippen LogP contribution in [0.2, 0.25) is 0 Å². The van der Waals surface area contributed by atoms with Crippen LogP contribution in [0.15, 0.2) is 21.8 Å². The van der Waals surface area contributed by atoms with E-state index in [2.05, 4.69) is 61.0 Å². The number of nitrogens with zero attached hydrogens (tertiary/aromatic N) is 2. The highest BCUT2D eigenvalue weighted by Gasteiger charge is 2.67. The molecule has 2 fully saturated rings. The highest BCUT2D eigenvalue weighted by molar-refractivity contribution is 7.07. The van der Waals surface area contributed by atoms with Crippen LogP contribution in [-0.4, -0.2) is 41.7 Å². The molecule has 1 amide bonds. The number of nitrogens with one attached hydrogen (secondary N) is 1. The van der Waals surface area contributed by atoms with E-state index in [9.17, 15) is 4.79 Å². The van der Waals surface area contributed by atoms with Crippen LogP contribution in [0.4, 0.5) is 0 Å². The number of amides is 1. The molecule has 1 saturated carbocycles. The summed E-state index contributed by atoms with van der Waals surface area (Å²) in [5.74, 6) is 2.87. The fraction of sp³-hybridized carbons (Fsp3) is 0.727. The summed E-state index contributed by atoms with van der Waals surface area (Å²) in [4.78, 5) is 21.2. The van der Waals surface area contributed by atoms with E-state index >= 15 is 0 Å². The van der Waals surface area contributed by atoms with Crippen LogP contribution in [-0.2, 0) is 11.3 Å². The lowest BCUT2D eigenvalue weighted by Crippen LogP contribution is -2.65. The minimum Gasteiger partial charge on any atom is -0.350 e. The molecule has 27 heavy (non-hydrogen) atoms. The number of likely N-dealkylation sites (tertiary alicyclic amines) is 1. The molecule has 0 aromatic carbocycles. The number of carbonyl (C=O) groups is 1. The topological polar surface area (TPSA) is 44.7 Å². The number of carbonyl (C=O) groups excluding carboxylic acids is 1. The average molecular weight is 388 g/mol. The molecule has 0 unspecified atom stereocenters. The van der Waals surface area contributed by atoms with E-state index in [0.29, 0.717) is 36.1 Å². The number of thiophene rings is 1. The Bertz CT molecular complexity index is 698. The summed E-state index contributed by atoms with van der Waals surface area (Å²) in [6.45, 7) is 11.9. The lowest BCUT2D eigenvalue weighted by atomic mass is 9.59. The fourth-order valence-electron chi connectivity index (χ4n) is 5.82. The Morgan fingerprint density at radius 3 is 2.85 bits per heavy atom. The van der Waals surface area contributed by atoms with Crippen molar-refractivity contribution in [3.63, 3.8) is 0 Å². The van der Waals surface area contributed by atoms with E-state index in [-0.39, 0.29) is 11.9 Å². The SMILES string of the molecule is CC(C)C[C@@H]1[C@@H]2C=N[C@@]3(C(=O)NCc4ccsc4)[C@@H](C2)CN(CC(C)C)[C@@H]13. The number of hydrogen-bond donors (Lipinski definition) is 1. The van der Waals surface area contributed by atoms with Crippen molar-refractivity contribution in [3.8, 4) is 0 Å². The van der Waals surface area contributed by atoms with Crippen LogP contribution in [0.5, 0.6) is 0 Å². The summed E-state index contributed by atoms with van der Waals surface area (Å²) in [5, 5.41) is 7.42. The Morgan fingerprint density at radius 1 is 1.37 bits per heavy atom. The molecule has 5 heteroatoms. The predicted octanol–water partition coefficient (Wildman–Crippen LogP) is 3.83. The number of rotatable bonds is 7. The molecule has 1 N–H and O–H groups in total. The van der Waals surface area contributed by atoms with E-state index < -0.39 is 5.54 Å². The maximum Gasteiger partial charge on any atom is 0.250 e. The predicted molar refractivity (Wildman–Crippen MR) is 112 cm³/mol. The minimum absolute atomic E-state index is 0.151. The minimum atomic E-state index is -0.570. The molecular formula is C22H33N3OS. The molecule has 148 valence electrons. The van der Waals surface area contributed by atoms with E-state index in [0.717, 1.165) is 19.5 Å². The summed E-state index contributed by atoms with van der Waals surface area (Å²) in [6, 6.07) is 2.35. The van der Waals surface area contributed by atoms with Gasteiger partial charge in [0.05, 0.1) is 0 Å². The second-order valence-corrected chi connectivity index (χ2v) is 10.4. The molecular weight excluding hydrogens is 354 g/mol. The van der Waals surface area contributed by atoms with Gasteiger partial charge in [-0.3, -0.25) is 14.7 Å². The van der Waals surface area contributed by atoms with Crippen molar-refractivity contribution >= 4 is 23.5 Å². The molecule has 4 heterocycles. The summed E-state index contributed by atoms with van der Waals surface area (Å²) >= 11 is 1.68. The molecule has 5 rings (SSSR count). The Hall–Kier alpha value is -1.20. The fourth-order valence-corrected chi connectivity index (χ4v) is 6.49. The van der Waals surface area contributed by atoms with Gasteiger partial charge in [0.1, 0.15) is 0 Å². The van der Waals surface area contributed by atoms with E-state index in [4.69, 9.17) is 4.99 Å². The van der Waals surface area contributed by atoms with Crippen LogP contribution in [0.3, 0.4) is 0 Å². The lowest BCUT2D eigenvalue weighted by Gasteiger charge is -2.51. The number of hydrogen-bond acceptors (Lipinski definition) is 4. The molecule has 4 nitrogen and oxygen atoms in total. The van der Waals surface area contributed by atoms with Crippen molar-refractivity contribution in [2.75, 3.05) is 13.1 Å². The average Bonchev–Trinajstić information content (AvgIpc) is 3.20. The highest BCUT2D eigenvalue weighted by Crippen LogP contribution is 2.55. The first-order valence-corrected chi connectivity index (χ1v) is 11.4. The van der Waals surface area contributed by atoms with E-state index in [1.54, 1.807) is 11.3 Å². The van der Waals surface area contributed by atoms with Gasteiger partial charge in [0.25, 0.3) is 0 Å². The monoisotopic (exact) mass is 387 g/mol. The summed E-state index contributed by atoms with van der Waals surface area (Å²) in [6.07, 6.45) is 4.45. The maximum atomic E-state index is 13.5. The molecule has 3 aliphatic heterocycles. The normalized spacial score (nSPS) is 34.7. The van der Waals surface area contributed by atoms with Crippen molar-refractivity contribution in [3.05, 3.63) is 22.4 Å².